The van der Waals surface area contributed by atoms with Gasteiger partial charge in [-0.15, -0.1) is 0 Å². The molecule has 0 saturated carbocycles. The summed E-state index contributed by atoms with van der Waals surface area (Å²) in [6, 6.07) is 4.88. The molecule has 96 valence electrons. The van der Waals surface area contributed by atoms with Crippen molar-refractivity contribution in [3.63, 3.8) is 0 Å². The molecule has 1 rings (SSSR count). The fourth-order valence-corrected chi connectivity index (χ4v) is 2.09. The minimum Gasteiger partial charge on any atom is -0.354 e. The van der Waals surface area contributed by atoms with E-state index in [0.29, 0.717) is 6.04 Å². The van der Waals surface area contributed by atoms with Crippen molar-refractivity contribution >= 4 is 5.82 Å². The van der Waals surface area contributed by atoms with Crippen LogP contribution in [0.3, 0.4) is 0 Å². The van der Waals surface area contributed by atoms with Gasteiger partial charge in [0.15, 0.2) is 0 Å². The number of hydrogen-bond acceptors (Lipinski definition) is 3. The molecule has 0 amide bonds. The van der Waals surface area contributed by atoms with Gasteiger partial charge < -0.3 is 10.2 Å². The fourth-order valence-electron chi connectivity index (χ4n) is 2.09. The lowest BCUT2D eigenvalue weighted by Crippen LogP contribution is -2.33. The summed E-state index contributed by atoms with van der Waals surface area (Å²) in [6.07, 6.45) is 1.14. The Kier molecular flexibility index (Phi) is 5.42. The molecule has 0 spiro atoms. The average Bonchev–Trinajstić information content (AvgIpc) is 2.29. The minimum atomic E-state index is 0.539. The first-order chi connectivity index (χ1) is 8.12. The van der Waals surface area contributed by atoms with Crippen molar-refractivity contribution < 1.29 is 0 Å². The summed E-state index contributed by atoms with van der Waals surface area (Å²) in [5.41, 5.74) is 2.39. The number of aryl methyl sites for hydroxylation is 1. The van der Waals surface area contributed by atoms with Gasteiger partial charge in [-0.05, 0) is 51.9 Å². The summed E-state index contributed by atoms with van der Waals surface area (Å²) in [4.78, 5) is 7.02. The number of nitrogens with zero attached hydrogens (tertiary/aromatic N) is 2. The molecule has 0 aliphatic heterocycles. The Morgan fingerprint density at radius 2 is 2.06 bits per heavy atom. The molecule has 0 saturated heterocycles. The van der Waals surface area contributed by atoms with E-state index in [4.69, 9.17) is 0 Å². The highest BCUT2D eigenvalue weighted by atomic mass is 15.2. The number of rotatable bonds is 6. The summed E-state index contributed by atoms with van der Waals surface area (Å²) >= 11 is 0. The van der Waals surface area contributed by atoms with Crippen LogP contribution in [-0.4, -0.2) is 24.6 Å². The van der Waals surface area contributed by atoms with Crippen LogP contribution in [0.25, 0.3) is 0 Å². The summed E-state index contributed by atoms with van der Waals surface area (Å²) in [5, 5.41) is 3.19. The maximum absolute atomic E-state index is 4.65. The van der Waals surface area contributed by atoms with Crippen LogP contribution in [0.15, 0.2) is 12.1 Å². The largest absolute Gasteiger partial charge is 0.354 e. The second-order valence-electron chi connectivity index (χ2n) is 4.55. The van der Waals surface area contributed by atoms with Crippen molar-refractivity contribution in [1.29, 1.82) is 0 Å². The lowest BCUT2D eigenvalue weighted by molar-refractivity contribution is 0.621. The van der Waals surface area contributed by atoms with E-state index < -0.39 is 0 Å². The van der Waals surface area contributed by atoms with E-state index in [0.717, 1.165) is 31.0 Å². The molecule has 1 heterocycles. The van der Waals surface area contributed by atoms with Gasteiger partial charge in [-0.25, -0.2) is 4.98 Å². The zero-order valence-corrected chi connectivity index (χ0v) is 11.7. The van der Waals surface area contributed by atoms with Crippen molar-refractivity contribution in [3.05, 3.63) is 23.4 Å². The van der Waals surface area contributed by atoms with E-state index in [1.165, 1.54) is 5.56 Å². The quantitative estimate of drug-likeness (QED) is 0.821. The fraction of sp³-hybridized carbons (Fsp3) is 0.643. The van der Waals surface area contributed by atoms with E-state index in [9.17, 15) is 0 Å². The topological polar surface area (TPSA) is 28.2 Å². The molecule has 0 aromatic carbocycles. The number of pyridine rings is 1. The van der Waals surface area contributed by atoms with Crippen molar-refractivity contribution in [1.82, 2.24) is 10.3 Å². The highest BCUT2D eigenvalue weighted by molar-refractivity contribution is 5.43. The van der Waals surface area contributed by atoms with Crippen LogP contribution >= 0.6 is 0 Å². The number of hydrogen-bond donors (Lipinski definition) is 1. The number of anilines is 1. The van der Waals surface area contributed by atoms with Gasteiger partial charge in [0.2, 0.25) is 0 Å². The molecule has 1 aromatic rings. The highest BCUT2D eigenvalue weighted by Gasteiger charge is 2.13. The molecule has 1 atom stereocenters. The molecule has 1 N–H and O–H groups in total. The monoisotopic (exact) mass is 235 g/mol. The number of aromatic nitrogens is 1. The van der Waals surface area contributed by atoms with Gasteiger partial charge in [-0.1, -0.05) is 6.92 Å². The number of nitrogens with one attached hydrogen (secondary N) is 1. The Labute approximate surface area is 105 Å². The molecule has 17 heavy (non-hydrogen) atoms. The van der Waals surface area contributed by atoms with Gasteiger partial charge in [-0.3, -0.25) is 0 Å². The van der Waals surface area contributed by atoms with E-state index in [1.54, 1.807) is 0 Å². The van der Waals surface area contributed by atoms with Crippen LogP contribution in [0.2, 0.25) is 0 Å². The molecule has 0 aliphatic carbocycles. The van der Waals surface area contributed by atoms with Crippen molar-refractivity contribution in [2.75, 3.05) is 18.5 Å². The molecule has 0 fully saturated rings. The Morgan fingerprint density at radius 1 is 1.35 bits per heavy atom. The van der Waals surface area contributed by atoms with Crippen molar-refractivity contribution in [3.8, 4) is 0 Å². The van der Waals surface area contributed by atoms with Gasteiger partial charge in [-0.2, -0.15) is 0 Å². The summed E-state index contributed by atoms with van der Waals surface area (Å²) in [7, 11) is 1.97. The molecule has 1 aromatic heterocycles. The smallest absolute Gasteiger partial charge is 0.129 e. The average molecular weight is 235 g/mol. The van der Waals surface area contributed by atoms with Crippen molar-refractivity contribution in [2.45, 2.75) is 46.7 Å². The van der Waals surface area contributed by atoms with Gasteiger partial charge in [0.25, 0.3) is 0 Å². The Bertz CT molecular complexity index is 349. The maximum Gasteiger partial charge on any atom is 0.129 e. The van der Waals surface area contributed by atoms with Gasteiger partial charge in [0.05, 0.1) is 0 Å². The molecular formula is C14H25N3. The van der Waals surface area contributed by atoms with E-state index in [1.807, 2.05) is 7.05 Å². The second kappa shape index (κ2) is 6.60. The SMILES string of the molecule is CCC(C)N(CC)c1cc(CNC)cc(C)n1. The Hall–Kier alpha value is -1.09. The molecule has 0 bridgehead atoms. The van der Waals surface area contributed by atoms with E-state index in [-0.39, 0.29) is 0 Å². The lowest BCUT2D eigenvalue weighted by atomic mass is 10.2. The van der Waals surface area contributed by atoms with Crippen LogP contribution in [0, 0.1) is 6.92 Å². The molecule has 3 heteroatoms. The third-order valence-electron chi connectivity index (χ3n) is 3.14. The maximum atomic E-state index is 4.65. The van der Waals surface area contributed by atoms with Gasteiger partial charge >= 0.3 is 0 Å². The van der Waals surface area contributed by atoms with Crippen LogP contribution in [0.1, 0.15) is 38.4 Å². The van der Waals surface area contributed by atoms with E-state index in [2.05, 4.69) is 55.0 Å². The zero-order chi connectivity index (χ0) is 12.8. The standard InChI is InChI=1S/C14H25N3/c1-6-12(4)17(7-2)14-9-13(10-15-5)8-11(3)16-14/h8-9,12,15H,6-7,10H2,1-5H3. The van der Waals surface area contributed by atoms with Crippen LogP contribution in [0.4, 0.5) is 5.82 Å². The van der Waals surface area contributed by atoms with Gasteiger partial charge in [0.1, 0.15) is 5.82 Å². The lowest BCUT2D eigenvalue weighted by Gasteiger charge is -2.29. The third kappa shape index (κ3) is 3.70. The third-order valence-corrected chi connectivity index (χ3v) is 3.14. The first-order valence-electron chi connectivity index (χ1n) is 6.51. The van der Waals surface area contributed by atoms with Crippen LogP contribution in [0.5, 0.6) is 0 Å². The first-order valence-corrected chi connectivity index (χ1v) is 6.51. The molecule has 1 unspecified atom stereocenters. The molecule has 0 aliphatic rings. The van der Waals surface area contributed by atoms with Crippen LogP contribution in [-0.2, 0) is 6.54 Å². The summed E-state index contributed by atoms with van der Waals surface area (Å²) in [5.74, 6) is 1.10. The Morgan fingerprint density at radius 3 is 2.59 bits per heavy atom. The van der Waals surface area contributed by atoms with E-state index >= 15 is 0 Å². The highest BCUT2D eigenvalue weighted by Crippen LogP contribution is 2.18. The predicted octanol–water partition coefficient (Wildman–Crippen LogP) is 2.73. The zero-order valence-electron chi connectivity index (χ0n) is 11.7. The summed E-state index contributed by atoms with van der Waals surface area (Å²) < 4.78 is 0. The normalized spacial score (nSPS) is 12.5. The van der Waals surface area contributed by atoms with Crippen molar-refractivity contribution in [2.24, 2.45) is 0 Å². The first kappa shape index (κ1) is 14.0. The Balaban J connectivity index is 3.01. The minimum absolute atomic E-state index is 0.539. The second-order valence-corrected chi connectivity index (χ2v) is 4.55. The molecule has 0 radical (unpaired) electrons. The molecular weight excluding hydrogens is 210 g/mol. The predicted molar refractivity (Wildman–Crippen MR) is 74.5 cm³/mol. The van der Waals surface area contributed by atoms with Gasteiger partial charge in [0, 0.05) is 24.8 Å². The van der Waals surface area contributed by atoms with Crippen LogP contribution < -0.4 is 10.2 Å². The molecule has 3 nitrogen and oxygen atoms in total. The summed E-state index contributed by atoms with van der Waals surface area (Å²) in [6.45, 7) is 10.6.